The van der Waals surface area contributed by atoms with Crippen LogP contribution in [0.1, 0.15) is 6.92 Å². The molecule has 0 aliphatic carbocycles. The molecule has 1 N–H and O–H groups in total. The number of aliphatic imine (C=N–C) groups is 1. The zero-order valence-corrected chi connectivity index (χ0v) is 6.42. The van der Waals surface area contributed by atoms with Crippen molar-refractivity contribution in [2.75, 3.05) is 20.2 Å². The summed E-state index contributed by atoms with van der Waals surface area (Å²) in [6.45, 7) is 6.36. The van der Waals surface area contributed by atoms with Crippen LogP contribution in [0.3, 0.4) is 0 Å². The minimum absolute atomic E-state index is 0.552. The maximum atomic E-state index is 4.82. The average Bonchev–Trinajstić information content (AvgIpc) is 1.98. The summed E-state index contributed by atoms with van der Waals surface area (Å²) in [5, 5.41) is 6.55. The van der Waals surface area contributed by atoms with E-state index in [9.17, 15) is 0 Å². The maximum absolute atomic E-state index is 4.82. The largest absolute Gasteiger partial charge is 0.393 e. The highest BCUT2D eigenvalue weighted by Crippen LogP contribution is 1.79. The van der Waals surface area contributed by atoms with Crippen molar-refractivity contribution in [2.45, 2.75) is 6.92 Å². The van der Waals surface area contributed by atoms with E-state index < -0.39 is 0 Å². The fourth-order valence-electron chi connectivity index (χ4n) is 0.316. The number of hydrogen-bond donors (Lipinski definition) is 1. The van der Waals surface area contributed by atoms with Gasteiger partial charge in [-0.2, -0.15) is 0 Å². The summed E-state index contributed by atoms with van der Waals surface area (Å²) in [7, 11) is 1.85. The van der Waals surface area contributed by atoms with Crippen molar-refractivity contribution in [3.63, 3.8) is 0 Å². The fourth-order valence-corrected chi connectivity index (χ4v) is 0.316. The van der Waals surface area contributed by atoms with Crippen LogP contribution < -0.4 is 5.32 Å². The second-order valence-corrected chi connectivity index (χ2v) is 1.73. The van der Waals surface area contributed by atoms with Gasteiger partial charge in [-0.3, -0.25) is 0 Å². The lowest BCUT2D eigenvalue weighted by atomic mass is 10.7. The van der Waals surface area contributed by atoms with Crippen molar-refractivity contribution in [3.05, 3.63) is 0 Å². The van der Waals surface area contributed by atoms with Crippen molar-refractivity contribution < 1.29 is 4.84 Å². The topological polar surface area (TPSA) is 46.0 Å². The summed E-state index contributed by atoms with van der Waals surface area (Å²) in [5.74, 6) is 0.552. The summed E-state index contributed by atoms with van der Waals surface area (Å²) in [4.78, 5) is 8.36. The molecular formula is C6H13N3O. The first kappa shape index (κ1) is 9.10. The minimum atomic E-state index is 0.552. The van der Waals surface area contributed by atoms with Crippen molar-refractivity contribution >= 4 is 12.6 Å². The summed E-state index contributed by atoms with van der Waals surface area (Å²) in [6, 6.07) is 0. The second kappa shape index (κ2) is 6.22. The van der Waals surface area contributed by atoms with Crippen molar-refractivity contribution in [3.8, 4) is 0 Å². The van der Waals surface area contributed by atoms with E-state index in [4.69, 9.17) is 4.84 Å². The highest BCUT2D eigenvalue weighted by Gasteiger charge is 1.83. The van der Waals surface area contributed by atoms with Gasteiger partial charge < -0.3 is 10.2 Å². The van der Waals surface area contributed by atoms with Gasteiger partial charge in [0.25, 0.3) is 0 Å². The van der Waals surface area contributed by atoms with E-state index in [1.807, 2.05) is 7.05 Å². The SMILES string of the molecule is C=N/C(C)=N\OCCNC. The van der Waals surface area contributed by atoms with Crippen LogP contribution in [0, 0.1) is 0 Å². The Hall–Kier alpha value is -0.900. The molecule has 0 aromatic carbocycles. The van der Waals surface area contributed by atoms with Crippen LogP contribution in [0.4, 0.5) is 0 Å². The van der Waals surface area contributed by atoms with Gasteiger partial charge in [-0.25, -0.2) is 4.99 Å². The number of hydrogen-bond acceptors (Lipinski definition) is 3. The second-order valence-electron chi connectivity index (χ2n) is 1.73. The molecule has 4 heteroatoms. The quantitative estimate of drug-likeness (QED) is 0.265. The molecule has 0 saturated heterocycles. The molecular weight excluding hydrogens is 130 g/mol. The molecule has 0 spiro atoms. The Bertz CT molecular complexity index is 122. The Morgan fingerprint density at radius 3 is 2.90 bits per heavy atom. The highest BCUT2D eigenvalue weighted by atomic mass is 16.6. The number of nitrogens with one attached hydrogen (secondary N) is 1. The molecule has 0 radical (unpaired) electrons. The molecule has 0 bridgehead atoms. The Balaban J connectivity index is 3.24. The van der Waals surface area contributed by atoms with Crippen LogP contribution in [-0.2, 0) is 4.84 Å². The van der Waals surface area contributed by atoms with Crippen LogP contribution in [0.15, 0.2) is 10.1 Å². The number of nitrogens with zero attached hydrogens (tertiary/aromatic N) is 2. The van der Waals surface area contributed by atoms with Crippen molar-refractivity contribution in [1.29, 1.82) is 0 Å². The molecule has 0 aliphatic heterocycles. The molecule has 0 aliphatic rings. The summed E-state index contributed by atoms with van der Waals surface area (Å²) in [5.41, 5.74) is 0. The summed E-state index contributed by atoms with van der Waals surface area (Å²) in [6.07, 6.45) is 0. The van der Waals surface area contributed by atoms with Gasteiger partial charge in [0.2, 0.25) is 0 Å². The van der Waals surface area contributed by atoms with Crippen LogP contribution in [0.25, 0.3) is 0 Å². The van der Waals surface area contributed by atoms with Gasteiger partial charge in [-0.1, -0.05) is 5.16 Å². The lowest BCUT2D eigenvalue weighted by Crippen LogP contribution is -2.12. The Kier molecular flexibility index (Phi) is 5.66. The van der Waals surface area contributed by atoms with Gasteiger partial charge >= 0.3 is 0 Å². The zero-order chi connectivity index (χ0) is 7.82. The molecule has 0 amide bonds. The number of rotatable bonds is 4. The molecule has 0 aromatic heterocycles. The van der Waals surface area contributed by atoms with Gasteiger partial charge in [0, 0.05) is 6.54 Å². The Morgan fingerprint density at radius 1 is 1.70 bits per heavy atom. The zero-order valence-electron chi connectivity index (χ0n) is 6.42. The minimum Gasteiger partial charge on any atom is -0.393 e. The van der Waals surface area contributed by atoms with E-state index in [0.717, 1.165) is 6.54 Å². The molecule has 0 aromatic rings. The molecule has 10 heavy (non-hydrogen) atoms. The third kappa shape index (κ3) is 5.24. The first-order chi connectivity index (χ1) is 4.81. The molecule has 0 saturated carbocycles. The predicted molar refractivity (Wildman–Crippen MR) is 42.5 cm³/mol. The molecule has 0 heterocycles. The molecule has 0 rings (SSSR count). The molecule has 0 atom stereocenters. The van der Waals surface area contributed by atoms with Gasteiger partial charge in [0.05, 0.1) is 0 Å². The summed E-state index contributed by atoms with van der Waals surface area (Å²) < 4.78 is 0. The third-order valence-corrected chi connectivity index (χ3v) is 0.869. The predicted octanol–water partition coefficient (Wildman–Crippen LogP) is 0.256. The Morgan fingerprint density at radius 2 is 2.40 bits per heavy atom. The van der Waals surface area contributed by atoms with E-state index in [1.54, 1.807) is 6.92 Å². The smallest absolute Gasteiger partial charge is 0.163 e. The van der Waals surface area contributed by atoms with Crippen molar-refractivity contribution in [2.24, 2.45) is 10.1 Å². The molecule has 4 nitrogen and oxygen atoms in total. The van der Waals surface area contributed by atoms with Crippen LogP contribution >= 0.6 is 0 Å². The first-order valence-corrected chi connectivity index (χ1v) is 3.09. The molecule has 0 unspecified atom stereocenters. The van der Waals surface area contributed by atoms with Gasteiger partial charge in [-0.05, 0) is 20.7 Å². The number of likely N-dealkylation sites (N-methyl/N-ethyl adjacent to an activating group) is 1. The average molecular weight is 143 g/mol. The lowest BCUT2D eigenvalue weighted by Gasteiger charge is -1.96. The highest BCUT2D eigenvalue weighted by molar-refractivity contribution is 5.83. The standard InChI is InChI=1S/C6H13N3O/c1-6(8-3)9-10-5-4-7-2/h7H,3-5H2,1-2H3/b9-6-. The van der Waals surface area contributed by atoms with Crippen LogP contribution in [0.2, 0.25) is 0 Å². The fraction of sp³-hybridized carbons (Fsp3) is 0.667. The van der Waals surface area contributed by atoms with Crippen molar-refractivity contribution in [1.82, 2.24) is 5.32 Å². The molecule has 58 valence electrons. The molecule has 0 fully saturated rings. The van der Waals surface area contributed by atoms with E-state index in [1.165, 1.54) is 0 Å². The van der Waals surface area contributed by atoms with Crippen LogP contribution in [-0.4, -0.2) is 32.8 Å². The van der Waals surface area contributed by atoms with E-state index >= 15 is 0 Å². The Labute approximate surface area is 61.0 Å². The van der Waals surface area contributed by atoms with Gasteiger partial charge in [0.15, 0.2) is 5.84 Å². The van der Waals surface area contributed by atoms with E-state index in [0.29, 0.717) is 12.4 Å². The van der Waals surface area contributed by atoms with Gasteiger partial charge in [0.1, 0.15) is 6.61 Å². The number of amidine groups is 1. The maximum Gasteiger partial charge on any atom is 0.163 e. The van der Waals surface area contributed by atoms with Crippen LogP contribution in [0.5, 0.6) is 0 Å². The van der Waals surface area contributed by atoms with Gasteiger partial charge in [-0.15, -0.1) is 0 Å². The monoisotopic (exact) mass is 143 g/mol. The lowest BCUT2D eigenvalue weighted by molar-refractivity contribution is 0.147. The van der Waals surface area contributed by atoms with E-state index in [2.05, 4.69) is 22.2 Å². The van der Waals surface area contributed by atoms with E-state index in [-0.39, 0.29) is 0 Å². The normalized spacial score (nSPS) is 11.2. The summed E-state index contributed by atoms with van der Waals surface area (Å²) >= 11 is 0. The third-order valence-electron chi connectivity index (χ3n) is 0.869. The first-order valence-electron chi connectivity index (χ1n) is 3.09. The number of oxime groups is 1.